The third kappa shape index (κ3) is 2.33. The minimum absolute atomic E-state index is 0.720. The van der Waals surface area contributed by atoms with Crippen LogP contribution in [0.15, 0.2) is 18.2 Å². The van der Waals surface area contributed by atoms with Crippen molar-refractivity contribution in [3.63, 3.8) is 0 Å². The number of rotatable bonds is 3. The Hall–Kier alpha value is -1.77. The van der Waals surface area contributed by atoms with Crippen LogP contribution >= 0.6 is 0 Å². The van der Waals surface area contributed by atoms with E-state index in [9.17, 15) is 0 Å². The summed E-state index contributed by atoms with van der Waals surface area (Å²) in [5.41, 5.74) is 10.7. The van der Waals surface area contributed by atoms with Gasteiger partial charge in [-0.2, -0.15) is 0 Å². The number of nitrogens with zero attached hydrogens (tertiary/aromatic N) is 1. The van der Waals surface area contributed by atoms with Crippen LogP contribution in [0.25, 0.3) is 10.9 Å². The monoisotopic (exact) mass is 270 g/mol. The van der Waals surface area contributed by atoms with Crippen LogP contribution in [0.4, 0.5) is 5.69 Å². The first-order valence-corrected chi connectivity index (χ1v) is 7.64. The van der Waals surface area contributed by atoms with Gasteiger partial charge in [-0.3, -0.25) is 0 Å². The number of nitrogen functional groups attached to an aromatic ring is 1. The number of hydrogen-bond donors (Lipinski definition) is 1. The summed E-state index contributed by atoms with van der Waals surface area (Å²) >= 11 is 0. The summed E-state index contributed by atoms with van der Waals surface area (Å²) in [6.45, 7) is 2.83. The Labute approximate surface area is 120 Å². The van der Waals surface area contributed by atoms with Gasteiger partial charge in [0.05, 0.1) is 6.61 Å². The maximum absolute atomic E-state index is 6.41. The zero-order valence-electron chi connectivity index (χ0n) is 12.1. The molecule has 3 heteroatoms. The molecule has 0 saturated heterocycles. The fourth-order valence-corrected chi connectivity index (χ4v) is 2.96. The molecule has 0 bridgehead atoms. The van der Waals surface area contributed by atoms with Crippen molar-refractivity contribution in [2.45, 2.75) is 45.4 Å². The largest absolute Gasteiger partial charge is 0.491 e. The SMILES string of the molecule is CCCOc1cccc2c(N)c3c(nc12)CCCCC3. The van der Waals surface area contributed by atoms with E-state index < -0.39 is 0 Å². The number of nitrogens with two attached hydrogens (primary N) is 1. The molecule has 0 spiro atoms. The van der Waals surface area contributed by atoms with Crippen LogP contribution in [0.5, 0.6) is 5.75 Å². The first-order chi connectivity index (χ1) is 9.81. The number of pyridine rings is 1. The number of aromatic nitrogens is 1. The van der Waals surface area contributed by atoms with Crippen molar-refractivity contribution in [1.29, 1.82) is 0 Å². The van der Waals surface area contributed by atoms with E-state index in [0.29, 0.717) is 0 Å². The van der Waals surface area contributed by atoms with Crippen molar-refractivity contribution in [3.05, 3.63) is 29.5 Å². The maximum atomic E-state index is 6.41. The fourth-order valence-electron chi connectivity index (χ4n) is 2.96. The lowest BCUT2D eigenvalue weighted by atomic mass is 10.0. The molecule has 106 valence electrons. The average Bonchev–Trinajstić information content (AvgIpc) is 2.71. The van der Waals surface area contributed by atoms with Gasteiger partial charge in [0.2, 0.25) is 0 Å². The zero-order chi connectivity index (χ0) is 13.9. The van der Waals surface area contributed by atoms with Crippen LogP contribution in [0.1, 0.15) is 43.9 Å². The van der Waals surface area contributed by atoms with E-state index >= 15 is 0 Å². The number of ether oxygens (including phenoxy) is 1. The molecule has 0 saturated carbocycles. The number of para-hydroxylation sites is 1. The van der Waals surface area contributed by atoms with E-state index in [-0.39, 0.29) is 0 Å². The molecule has 2 aromatic rings. The van der Waals surface area contributed by atoms with E-state index in [1.165, 1.54) is 30.5 Å². The lowest BCUT2D eigenvalue weighted by Crippen LogP contribution is -2.04. The quantitative estimate of drug-likeness (QED) is 0.861. The Morgan fingerprint density at radius 1 is 1.20 bits per heavy atom. The summed E-state index contributed by atoms with van der Waals surface area (Å²) in [5, 5.41) is 1.04. The molecule has 0 unspecified atom stereocenters. The Balaban J connectivity index is 2.16. The molecule has 0 aliphatic heterocycles. The van der Waals surface area contributed by atoms with E-state index in [1.54, 1.807) is 0 Å². The van der Waals surface area contributed by atoms with Crippen LogP contribution in [0.2, 0.25) is 0 Å². The molecule has 20 heavy (non-hydrogen) atoms. The highest BCUT2D eigenvalue weighted by atomic mass is 16.5. The fraction of sp³-hybridized carbons (Fsp3) is 0.471. The van der Waals surface area contributed by atoms with Gasteiger partial charge in [0.25, 0.3) is 0 Å². The van der Waals surface area contributed by atoms with Crippen molar-refractivity contribution in [3.8, 4) is 5.75 Å². The van der Waals surface area contributed by atoms with Crippen molar-refractivity contribution in [2.24, 2.45) is 0 Å². The third-order valence-corrected chi connectivity index (χ3v) is 4.01. The van der Waals surface area contributed by atoms with E-state index in [4.69, 9.17) is 15.5 Å². The Kier molecular flexibility index (Phi) is 3.77. The summed E-state index contributed by atoms with van der Waals surface area (Å²) in [6.07, 6.45) is 6.79. The van der Waals surface area contributed by atoms with E-state index in [2.05, 4.69) is 13.0 Å². The average molecular weight is 270 g/mol. The second-order valence-corrected chi connectivity index (χ2v) is 5.51. The second-order valence-electron chi connectivity index (χ2n) is 5.51. The van der Waals surface area contributed by atoms with Crippen LogP contribution in [0, 0.1) is 0 Å². The molecule has 1 aliphatic carbocycles. The molecule has 1 heterocycles. The van der Waals surface area contributed by atoms with Gasteiger partial charge in [-0.1, -0.05) is 25.5 Å². The predicted molar refractivity (Wildman–Crippen MR) is 83.2 cm³/mol. The number of aryl methyl sites for hydroxylation is 1. The minimum atomic E-state index is 0.720. The number of benzene rings is 1. The molecular formula is C17H22N2O. The van der Waals surface area contributed by atoms with Crippen LogP contribution in [-0.2, 0) is 12.8 Å². The molecule has 3 rings (SSSR count). The molecule has 3 nitrogen and oxygen atoms in total. The topological polar surface area (TPSA) is 48.1 Å². The van der Waals surface area contributed by atoms with Crippen LogP contribution in [0.3, 0.4) is 0 Å². The standard InChI is InChI=1S/C17H22N2O/c1-2-11-20-15-10-6-8-13-16(18)12-7-4-3-5-9-14(12)19-17(13)15/h6,8,10H,2-5,7,9,11H2,1H3,(H2,18,19). The van der Waals surface area contributed by atoms with E-state index in [0.717, 1.165) is 48.2 Å². The Bertz CT molecular complexity index is 622. The molecule has 1 aromatic heterocycles. The first kappa shape index (κ1) is 13.2. The number of fused-ring (bicyclic) bond motifs is 2. The van der Waals surface area contributed by atoms with Crippen molar-refractivity contribution < 1.29 is 4.74 Å². The van der Waals surface area contributed by atoms with Crippen molar-refractivity contribution >= 4 is 16.6 Å². The highest BCUT2D eigenvalue weighted by molar-refractivity contribution is 5.95. The molecule has 0 amide bonds. The van der Waals surface area contributed by atoms with Crippen molar-refractivity contribution in [1.82, 2.24) is 4.98 Å². The van der Waals surface area contributed by atoms with Crippen LogP contribution in [-0.4, -0.2) is 11.6 Å². The molecular weight excluding hydrogens is 248 g/mol. The molecule has 0 radical (unpaired) electrons. The molecule has 1 aliphatic rings. The van der Waals surface area contributed by atoms with Gasteiger partial charge in [-0.05, 0) is 43.7 Å². The first-order valence-electron chi connectivity index (χ1n) is 7.64. The predicted octanol–water partition coefficient (Wildman–Crippen LogP) is 3.87. The summed E-state index contributed by atoms with van der Waals surface area (Å²) in [4.78, 5) is 4.88. The van der Waals surface area contributed by atoms with Gasteiger partial charge in [0, 0.05) is 16.8 Å². The highest BCUT2D eigenvalue weighted by Crippen LogP contribution is 2.34. The summed E-state index contributed by atoms with van der Waals surface area (Å²) < 4.78 is 5.83. The Morgan fingerprint density at radius 3 is 2.90 bits per heavy atom. The third-order valence-electron chi connectivity index (χ3n) is 4.01. The van der Waals surface area contributed by atoms with Gasteiger partial charge in [-0.15, -0.1) is 0 Å². The van der Waals surface area contributed by atoms with Gasteiger partial charge >= 0.3 is 0 Å². The van der Waals surface area contributed by atoms with Crippen LogP contribution < -0.4 is 10.5 Å². The molecule has 0 fully saturated rings. The maximum Gasteiger partial charge on any atom is 0.145 e. The molecule has 2 N–H and O–H groups in total. The summed E-state index contributed by atoms with van der Waals surface area (Å²) in [5.74, 6) is 0.864. The lowest BCUT2D eigenvalue weighted by Gasteiger charge is -2.14. The Morgan fingerprint density at radius 2 is 2.05 bits per heavy atom. The van der Waals surface area contributed by atoms with Crippen molar-refractivity contribution in [2.75, 3.05) is 12.3 Å². The normalized spacial score (nSPS) is 14.8. The number of hydrogen-bond acceptors (Lipinski definition) is 3. The minimum Gasteiger partial charge on any atom is -0.491 e. The zero-order valence-corrected chi connectivity index (χ0v) is 12.1. The van der Waals surface area contributed by atoms with Gasteiger partial charge in [-0.25, -0.2) is 4.98 Å². The van der Waals surface area contributed by atoms with Gasteiger partial charge in [0.15, 0.2) is 0 Å². The summed E-state index contributed by atoms with van der Waals surface area (Å²) in [6, 6.07) is 6.06. The molecule has 0 atom stereocenters. The van der Waals surface area contributed by atoms with Gasteiger partial charge in [0.1, 0.15) is 11.3 Å². The van der Waals surface area contributed by atoms with E-state index in [1.807, 2.05) is 12.1 Å². The lowest BCUT2D eigenvalue weighted by molar-refractivity contribution is 0.320. The smallest absolute Gasteiger partial charge is 0.145 e. The summed E-state index contributed by atoms with van der Waals surface area (Å²) in [7, 11) is 0. The highest BCUT2D eigenvalue weighted by Gasteiger charge is 2.17. The molecule has 1 aromatic carbocycles. The second kappa shape index (κ2) is 5.70. The van der Waals surface area contributed by atoms with Gasteiger partial charge < -0.3 is 10.5 Å². The number of anilines is 1.